The molecule has 0 amide bonds. The van der Waals surface area contributed by atoms with E-state index in [2.05, 4.69) is 91.8 Å². The average molecular weight is 987 g/mol. The van der Waals surface area contributed by atoms with Gasteiger partial charge >= 0.3 is 208 Å². The molecule has 0 aliphatic heterocycles. The fourth-order valence-corrected chi connectivity index (χ4v) is 8.71. The van der Waals surface area contributed by atoms with Crippen LogP contribution in [0.1, 0.15) is 104 Å². The number of halogens is 8. The van der Waals surface area contributed by atoms with Gasteiger partial charge in [0.15, 0.2) is 0 Å². The molecule has 0 fully saturated rings. The predicted octanol–water partition coefficient (Wildman–Crippen LogP) is 9.76. The Hall–Kier alpha value is -4.29. The van der Waals surface area contributed by atoms with Crippen molar-refractivity contribution in [1.29, 1.82) is 0 Å². The third-order valence-corrected chi connectivity index (χ3v) is 12.5. The zero-order chi connectivity index (χ0) is 45.2. The maximum atomic E-state index is 12.8. The van der Waals surface area contributed by atoms with Crippen LogP contribution in [-0.2, 0) is 53.8 Å². The van der Waals surface area contributed by atoms with Crippen molar-refractivity contribution in [2.75, 3.05) is 0 Å². The molecule has 0 radical (unpaired) electrons. The predicted molar refractivity (Wildman–Crippen MR) is 239 cm³/mol. The third-order valence-electron chi connectivity index (χ3n) is 11.1. The van der Waals surface area contributed by atoms with Crippen molar-refractivity contribution >= 4 is 3.21 Å². The number of rotatable bonds is 4. The van der Waals surface area contributed by atoms with Gasteiger partial charge in [0.25, 0.3) is 0 Å². The molecule has 332 valence electrons. The van der Waals surface area contributed by atoms with Crippen LogP contribution in [0.2, 0.25) is 0 Å². The molecule has 6 aromatic carbocycles. The minimum atomic E-state index is -4.36. The zero-order valence-electron chi connectivity index (χ0n) is 37.1. The van der Waals surface area contributed by atoms with Gasteiger partial charge in [0.1, 0.15) is 0 Å². The van der Waals surface area contributed by atoms with Crippen LogP contribution in [-0.4, -0.2) is 3.21 Å². The maximum absolute atomic E-state index is 12.8. The normalized spacial score (nSPS) is 12.8. The number of hydrogen-bond donors (Lipinski definition) is 0. The van der Waals surface area contributed by atoms with Gasteiger partial charge in [0.2, 0.25) is 0 Å². The Morgan fingerprint density at radius 1 is 0.547 bits per heavy atom. The molecule has 2 aliphatic rings. The van der Waals surface area contributed by atoms with Crippen LogP contribution < -0.4 is 24.8 Å². The Labute approximate surface area is 402 Å². The Morgan fingerprint density at radius 2 is 0.953 bits per heavy atom. The first-order chi connectivity index (χ1) is 29.0. The molecule has 6 aromatic rings. The number of allylic oxidation sites excluding steroid dienone is 4. The summed E-state index contributed by atoms with van der Waals surface area (Å²) in [6.07, 6.45) is 2.31. The van der Waals surface area contributed by atoms with E-state index in [0.717, 1.165) is 62.6 Å². The summed E-state index contributed by atoms with van der Waals surface area (Å²) < 4.78 is 77.7. The summed E-state index contributed by atoms with van der Waals surface area (Å²) in [4.78, 5) is 0. The van der Waals surface area contributed by atoms with Crippen LogP contribution in [0.5, 0.6) is 0 Å². The van der Waals surface area contributed by atoms with Gasteiger partial charge in [-0.25, -0.2) is 12.2 Å². The van der Waals surface area contributed by atoms with Crippen LogP contribution in [0.3, 0.4) is 0 Å². The van der Waals surface area contributed by atoms with Gasteiger partial charge in [-0.3, -0.25) is 6.08 Å². The minimum Gasteiger partial charge on any atom is -1.00 e. The average Bonchev–Trinajstić information content (AvgIpc) is 3.91. The second kappa shape index (κ2) is 20.9. The molecule has 0 bridgehead atoms. The van der Waals surface area contributed by atoms with Crippen molar-refractivity contribution in [3.63, 3.8) is 0 Å². The molecule has 0 spiro atoms. The smallest absolute Gasteiger partial charge is 0.109 e. The zero-order valence-corrected chi connectivity index (χ0v) is 41.1. The monoisotopic (exact) mass is 984 g/mol. The van der Waals surface area contributed by atoms with E-state index in [0.29, 0.717) is 11.1 Å². The number of alkyl halides is 6. The van der Waals surface area contributed by atoms with Gasteiger partial charge in [-0.2, -0.15) is 23.8 Å². The molecule has 0 unspecified atom stereocenters. The van der Waals surface area contributed by atoms with Crippen LogP contribution in [0.15, 0.2) is 133 Å². The van der Waals surface area contributed by atoms with Gasteiger partial charge in [-0.1, -0.05) is 71.6 Å². The van der Waals surface area contributed by atoms with Crippen molar-refractivity contribution in [2.45, 2.75) is 91.4 Å². The first-order valence-corrected chi connectivity index (χ1v) is 21.8. The Morgan fingerprint density at radius 3 is 1.30 bits per heavy atom. The quantitative estimate of drug-likeness (QED) is 0.122. The van der Waals surface area contributed by atoms with Gasteiger partial charge < -0.3 is 24.8 Å². The number of fused-ring (bicyclic) bond motifs is 3. The van der Waals surface area contributed by atoms with Gasteiger partial charge in [0, 0.05) is 0 Å². The first-order valence-electron chi connectivity index (χ1n) is 20.6. The van der Waals surface area contributed by atoms with Crippen LogP contribution in [0, 0.1) is 26.0 Å². The standard InChI is InChI=1S/C27H16F6.C23H29.C5H5.2ClH.Zr/c28-26(29,30)24-13-9-22(10-14-24)20-5-1-18(2-6-20)17-19-3-7-21(8-4-19)23-11-15-25(16-12-23)27(31,32)33;1-14-9-16-11-17-10-15(2)21(23(6,7)8)13-19(17)18(16)12-20(14)22(3,4)5;1-2-4-5-3-1;;;/h1-16H;9,12-13H,11H2,1-8H3;1-3H,4H2;2*1H;/q;2*-1;;;+2/p-2. The summed E-state index contributed by atoms with van der Waals surface area (Å²) in [5.74, 6) is 0. The van der Waals surface area contributed by atoms with E-state index in [1.165, 1.54) is 93.0 Å². The molecule has 9 heteroatoms. The third kappa shape index (κ3) is 12.7. The first kappa shape index (κ1) is 52.3. The Balaban J connectivity index is 0.000000258. The van der Waals surface area contributed by atoms with Crippen LogP contribution in [0.4, 0.5) is 26.3 Å². The Bertz CT molecular complexity index is 2420. The summed E-state index contributed by atoms with van der Waals surface area (Å²) in [5, 5.41) is 0. The van der Waals surface area contributed by atoms with E-state index in [1.54, 1.807) is 0 Å². The van der Waals surface area contributed by atoms with E-state index in [9.17, 15) is 26.3 Å². The summed E-state index contributed by atoms with van der Waals surface area (Å²) >= 11 is 1.18. The SMILES string of the molecule is Cc1[c-]c2c(cc1C(C)(C)C)-c1cc(C(C)(C)C)c(C)cc1C2.FC(F)(F)c1ccc(-c2ccc([C](=[Zr+2])c3ccc(-c4ccc(C(F)(F)F)cc4)cc3)cc2)cc1.[C-]1=CC=CC1.[Cl-].[Cl-]. The van der Waals surface area contributed by atoms with E-state index < -0.39 is 23.5 Å². The molecule has 0 saturated carbocycles. The summed E-state index contributed by atoms with van der Waals surface area (Å²) in [5.41, 5.74) is 15.3. The van der Waals surface area contributed by atoms with E-state index in [4.69, 9.17) is 0 Å². The Kier molecular flexibility index (Phi) is 17.1. The number of aryl methyl sites for hydroxylation is 2. The van der Waals surface area contributed by atoms with Crippen LogP contribution >= 0.6 is 0 Å². The van der Waals surface area contributed by atoms with E-state index in [-0.39, 0.29) is 35.6 Å². The largest absolute Gasteiger partial charge is 1.00 e. The molecular weight excluding hydrogens is 937 g/mol. The van der Waals surface area contributed by atoms with Crippen molar-refractivity contribution in [2.24, 2.45) is 0 Å². The van der Waals surface area contributed by atoms with Gasteiger partial charge in [-0.15, -0.1) is 23.1 Å². The van der Waals surface area contributed by atoms with Gasteiger partial charge in [0.05, 0.1) is 0 Å². The van der Waals surface area contributed by atoms with Crippen molar-refractivity contribution in [3.05, 3.63) is 201 Å². The summed E-state index contributed by atoms with van der Waals surface area (Å²) in [6, 6.07) is 36.3. The van der Waals surface area contributed by atoms with Crippen molar-refractivity contribution in [1.82, 2.24) is 0 Å². The molecule has 0 N–H and O–H groups in total. The van der Waals surface area contributed by atoms with Gasteiger partial charge in [-0.05, 0) is 35.4 Å². The number of benzene rings is 6. The molecular formula is C55H50Cl2F6Zr-2. The second-order valence-corrected chi connectivity index (χ2v) is 19.1. The van der Waals surface area contributed by atoms with E-state index >= 15 is 0 Å². The molecule has 8 rings (SSSR count). The minimum absolute atomic E-state index is 0. The summed E-state index contributed by atoms with van der Waals surface area (Å²) in [7, 11) is 0. The molecule has 0 nitrogen and oxygen atoms in total. The number of hydrogen-bond acceptors (Lipinski definition) is 0. The molecule has 0 atom stereocenters. The van der Waals surface area contributed by atoms with Crippen molar-refractivity contribution in [3.8, 4) is 33.4 Å². The molecule has 64 heavy (non-hydrogen) atoms. The molecule has 0 aromatic heterocycles. The van der Waals surface area contributed by atoms with E-state index in [1.807, 2.05) is 60.7 Å². The molecule has 0 saturated heterocycles. The molecule has 0 heterocycles. The summed E-state index contributed by atoms with van der Waals surface area (Å²) in [6.45, 7) is 18.2. The van der Waals surface area contributed by atoms with Crippen molar-refractivity contribution < 1.29 is 75.4 Å². The molecule has 2 aliphatic carbocycles. The fraction of sp³-hybridized carbons (Fsp3) is 0.255. The van der Waals surface area contributed by atoms with Crippen LogP contribution in [0.25, 0.3) is 33.4 Å². The topological polar surface area (TPSA) is 0 Å². The second-order valence-electron chi connectivity index (χ2n) is 17.9. The fourth-order valence-electron chi connectivity index (χ4n) is 7.89. The maximum Gasteiger partial charge on any atom is -0.109 e.